The van der Waals surface area contributed by atoms with Crippen molar-refractivity contribution < 1.29 is 36.1 Å². The van der Waals surface area contributed by atoms with Gasteiger partial charge in [-0.3, -0.25) is 23.3 Å². The predicted octanol–water partition coefficient (Wildman–Crippen LogP) is 9.93. The maximum Gasteiger partial charge on any atom is 0.475 e. The molecule has 3 atom stereocenters. The van der Waals surface area contributed by atoms with E-state index >= 15 is 13.2 Å². The van der Waals surface area contributed by atoms with Crippen LogP contribution in [0.5, 0.6) is 0 Å². The Morgan fingerprint density at radius 1 is 1.00 bits per heavy atom. The first-order chi connectivity index (χ1) is 22.9. The summed E-state index contributed by atoms with van der Waals surface area (Å²) in [6.07, 6.45) is 0.162. The fraction of sp³-hybridized carbons (Fsp3) is 0.514. The summed E-state index contributed by atoms with van der Waals surface area (Å²) in [7, 11) is -4.53. The molecular weight excluding hydrogens is 640 g/mol. The van der Waals surface area contributed by atoms with Gasteiger partial charge in [0.05, 0.1) is 24.6 Å². The van der Waals surface area contributed by atoms with E-state index in [0.29, 0.717) is 49.0 Å². The van der Waals surface area contributed by atoms with E-state index in [4.69, 9.17) is 13.6 Å². The SMILES string of the molecule is CCCCOP(=O)(OCCCC)O[C@]1(C(F)(F)F)CC[C@@]2(Cc3ccccc3)c3ccc(C(=O)Nc4cccnc4C)cc3CC[C@@H]2C1. The lowest BCUT2D eigenvalue weighted by Crippen LogP contribution is -2.57. The molecule has 0 unspecified atom stereocenters. The largest absolute Gasteiger partial charge is 0.475 e. The van der Waals surface area contributed by atoms with Crippen molar-refractivity contribution in [3.8, 4) is 0 Å². The van der Waals surface area contributed by atoms with E-state index in [-0.39, 0.29) is 32.0 Å². The van der Waals surface area contributed by atoms with Crippen LogP contribution in [0.4, 0.5) is 18.9 Å². The molecule has 2 aliphatic rings. The van der Waals surface area contributed by atoms with E-state index in [1.54, 1.807) is 24.4 Å². The van der Waals surface area contributed by atoms with Crippen LogP contribution in [0.1, 0.15) is 98.0 Å². The number of amides is 1. The average molecular weight is 687 g/mol. The fourth-order valence-electron chi connectivity index (χ4n) is 7.25. The van der Waals surface area contributed by atoms with Gasteiger partial charge >= 0.3 is 14.0 Å². The number of alkyl halides is 3. The summed E-state index contributed by atoms with van der Waals surface area (Å²) in [6.45, 7) is 5.61. The number of hydrogen-bond acceptors (Lipinski definition) is 6. The molecule has 1 saturated carbocycles. The van der Waals surface area contributed by atoms with Gasteiger partial charge in [-0.2, -0.15) is 13.2 Å². The highest BCUT2D eigenvalue weighted by molar-refractivity contribution is 7.48. The van der Waals surface area contributed by atoms with Crippen LogP contribution in [0, 0.1) is 12.8 Å². The van der Waals surface area contributed by atoms with Crippen LogP contribution >= 0.6 is 7.82 Å². The number of phosphoric ester groups is 1. The zero-order valence-electron chi connectivity index (χ0n) is 28.0. The van der Waals surface area contributed by atoms with E-state index in [9.17, 15) is 9.36 Å². The molecule has 1 aromatic heterocycles. The molecule has 0 spiro atoms. The molecule has 2 aromatic carbocycles. The molecular formula is C37H46F3N2O5P. The number of halogens is 3. The Kier molecular flexibility index (Phi) is 11.5. The second-order valence-electron chi connectivity index (χ2n) is 13.1. The molecule has 0 aliphatic heterocycles. The molecule has 1 heterocycles. The van der Waals surface area contributed by atoms with E-state index in [0.717, 1.165) is 29.5 Å². The standard InChI is InChI=1S/C37H46F3N2O5P/c1-4-6-22-45-48(44,46-23-7-5-2)47-36(37(38,39)40)20-19-35(25-28-12-9-8-10-13-28)31(26-36)17-15-29-24-30(16-18-32(29)35)34(43)42-33-14-11-21-41-27(33)3/h8-14,16,18,21,24,31H,4-7,15,17,19-20,22-23,25-26H2,1-3H3,(H,42,43)/t31-,35+,36-/m1/s1. The molecule has 11 heteroatoms. The normalized spacial score (nSPS) is 22.5. The Balaban J connectivity index is 1.50. The molecule has 3 aromatic rings. The number of aromatic nitrogens is 1. The molecule has 1 fully saturated rings. The second-order valence-corrected chi connectivity index (χ2v) is 14.7. The van der Waals surface area contributed by atoms with Crippen molar-refractivity contribution in [2.45, 2.75) is 102 Å². The third-order valence-electron chi connectivity index (χ3n) is 9.91. The molecule has 1 amide bonds. The van der Waals surface area contributed by atoms with Gasteiger partial charge in [-0.25, -0.2) is 4.57 Å². The van der Waals surface area contributed by atoms with Gasteiger partial charge in [-0.1, -0.05) is 63.1 Å². The zero-order valence-corrected chi connectivity index (χ0v) is 28.9. The van der Waals surface area contributed by atoms with Crippen molar-refractivity contribution in [2.24, 2.45) is 5.92 Å². The van der Waals surface area contributed by atoms with E-state index in [1.165, 1.54) is 0 Å². The first-order valence-corrected chi connectivity index (χ1v) is 18.5. The summed E-state index contributed by atoms with van der Waals surface area (Å²) in [5, 5.41) is 2.93. The van der Waals surface area contributed by atoms with E-state index in [1.807, 2.05) is 63.2 Å². The fourth-order valence-corrected chi connectivity index (χ4v) is 8.83. The number of rotatable bonds is 14. The van der Waals surface area contributed by atoms with E-state index in [2.05, 4.69) is 10.3 Å². The topological polar surface area (TPSA) is 86.8 Å². The lowest BCUT2D eigenvalue weighted by Gasteiger charge is -2.54. The van der Waals surface area contributed by atoms with E-state index < -0.39 is 37.4 Å². The highest BCUT2D eigenvalue weighted by Gasteiger charge is 2.65. The van der Waals surface area contributed by atoms with Crippen LogP contribution in [0.3, 0.4) is 0 Å². The smallest absolute Gasteiger partial charge is 0.320 e. The summed E-state index contributed by atoms with van der Waals surface area (Å²) >= 11 is 0. The number of anilines is 1. The first kappa shape index (κ1) is 36.2. The highest BCUT2D eigenvalue weighted by atomic mass is 31.2. The van der Waals surface area contributed by atoms with Crippen molar-refractivity contribution in [3.63, 3.8) is 0 Å². The minimum atomic E-state index is -4.81. The number of unbranched alkanes of at least 4 members (excludes halogenated alkanes) is 2. The summed E-state index contributed by atoms with van der Waals surface area (Å²) in [5.74, 6) is -0.721. The zero-order chi connectivity index (χ0) is 34.4. The Morgan fingerprint density at radius 2 is 1.71 bits per heavy atom. The summed E-state index contributed by atoms with van der Waals surface area (Å²) < 4.78 is 76.3. The molecule has 1 N–H and O–H groups in total. The molecule has 260 valence electrons. The number of nitrogens with zero attached hydrogens (tertiary/aromatic N) is 1. The number of aryl methyl sites for hydroxylation is 2. The summed E-state index contributed by atoms with van der Waals surface area (Å²) in [6, 6.07) is 18.9. The number of carbonyl (C=O) groups excluding carboxylic acids is 1. The number of nitrogens with one attached hydrogen (secondary N) is 1. The monoisotopic (exact) mass is 686 g/mol. The minimum Gasteiger partial charge on any atom is -0.320 e. The third kappa shape index (κ3) is 7.88. The van der Waals surface area contributed by atoms with Crippen molar-refractivity contribution in [3.05, 3.63) is 94.8 Å². The van der Waals surface area contributed by atoms with Crippen molar-refractivity contribution >= 4 is 19.4 Å². The number of pyridine rings is 1. The van der Waals surface area contributed by atoms with Crippen molar-refractivity contribution in [1.82, 2.24) is 4.98 Å². The minimum absolute atomic E-state index is 0.0150. The quantitative estimate of drug-likeness (QED) is 0.134. The molecule has 2 aliphatic carbocycles. The molecule has 5 rings (SSSR count). The lowest BCUT2D eigenvalue weighted by atomic mass is 9.52. The van der Waals surface area contributed by atoms with Gasteiger partial charge in [0.1, 0.15) is 0 Å². The molecule has 48 heavy (non-hydrogen) atoms. The van der Waals surface area contributed by atoms with Crippen LogP contribution in [0.25, 0.3) is 0 Å². The molecule has 0 radical (unpaired) electrons. The van der Waals surface area contributed by atoms with Gasteiger partial charge in [0.15, 0.2) is 5.60 Å². The van der Waals surface area contributed by atoms with Gasteiger partial charge in [0, 0.05) is 17.2 Å². The number of carbonyl (C=O) groups is 1. The number of fused-ring (bicyclic) bond motifs is 3. The Hall–Kier alpha value is -3.04. The molecule has 0 saturated heterocycles. The van der Waals surface area contributed by atoms with Gasteiger partial charge in [0.25, 0.3) is 5.91 Å². The summed E-state index contributed by atoms with van der Waals surface area (Å²) in [4.78, 5) is 17.5. The van der Waals surface area contributed by atoms with Crippen molar-refractivity contribution in [1.29, 1.82) is 0 Å². The first-order valence-electron chi connectivity index (χ1n) is 17.0. The number of hydrogen-bond donors (Lipinski definition) is 1. The van der Waals surface area contributed by atoms with Crippen LogP contribution in [-0.4, -0.2) is 35.9 Å². The van der Waals surface area contributed by atoms with Crippen LogP contribution < -0.4 is 5.32 Å². The van der Waals surface area contributed by atoms with Gasteiger partial charge in [0.2, 0.25) is 0 Å². The Bertz CT molecular complexity index is 1590. The third-order valence-corrected chi connectivity index (χ3v) is 11.5. The Morgan fingerprint density at radius 3 is 2.35 bits per heavy atom. The average Bonchev–Trinajstić information content (AvgIpc) is 3.06. The van der Waals surface area contributed by atoms with Gasteiger partial charge in [-0.15, -0.1) is 0 Å². The number of benzene rings is 2. The van der Waals surface area contributed by atoms with Gasteiger partial charge < -0.3 is 5.32 Å². The summed E-state index contributed by atoms with van der Waals surface area (Å²) in [5.41, 5.74) is 1.37. The Labute approximate surface area is 281 Å². The second kappa shape index (κ2) is 15.2. The van der Waals surface area contributed by atoms with Crippen LogP contribution in [0.2, 0.25) is 0 Å². The molecule has 7 nitrogen and oxygen atoms in total. The number of phosphoric acid groups is 1. The van der Waals surface area contributed by atoms with Crippen LogP contribution in [0.15, 0.2) is 66.9 Å². The maximum absolute atomic E-state index is 15.3. The predicted molar refractivity (Wildman–Crippen MR) is 180 cm³/mol. The van der Waals surface area contributed by atoms with Crippen molar-refractivity contribution in [2.75, 3.05) is 18.5 Å². The maximum atomic E-state index is 15.3. The lowest BCUT2D eigenvalue weighted by molar-refractivity contribution is -0.274. The molecule has 0 bridgehead atoms. The van der Waals surface area contributed by atoms with Gasteiger partial charge in [-0.05, 0) is 105 Å². The van der Waals surface area contributed by atoms with Crippen LogP contribution in [-0.2, 0) is 36.4 Å². The highest BCUT2D eigenvalue weighted by Crippen LogP contribution is 2.64.